The number of aromatic nitrogens is 2. The Balaban J connectivity index is 1.68. The summed E-state index contributed by atoms with van der Waals surface area (Å²) in [7, 11) is 3.17. The Bertz CT molecular complexity index is 1320. The molecule has 1 heterocycles. The van der Waals surface area contributed by atoms with E-state index in [0.29, 0.717) is 41.4 Å². The van der Waals surface area contributed by atoms with Crippen LogP contribution in [0.5, 0.6) is 17.2 Å². The lowest BCUT2D eigenvalue weighted by Gasteiger charge is -2.17. The normalized spacial score (nSPS) is 10.8. The fraction of sp³-hybridized carbons (Fsp3) is 0.259. The van der Waals surface area contributed by atoms with Crippen LogP contribution in [0.2, 0.25) is 0 Å². The lowest BCUT2D eigenvalue weighted by Crippen LogP contribution is -2.31. The van der Waals surface area contributed by atoms with E-state index in [2.05, 4.69) is 12.3 Å². The monoisotopic (exact) mass is 459 g/mol. The molecule has 0 spiro atoms. The molecule has 7 heteroatoms. The van der Waals surface area contributed by atoms with Crippen molar-refractivity contribution in [3.63, 3.8) is 0 Å². The van der Waals surface area contributed by atoms with E-state index in [-0.39, 0.29) is 5.56 Å². The van der Waals surface area contributed by atoms with Gasteiger partial charge in [0.05, 0.1) is 38.3 Å². The number of benzene rings is 3. The highest BCUT2D eigenvalue weighted by Gasteiger charge is 2.15. The van der Waals surface area contributed by atoms with Gasteiger partial charge in [0.25, 0.3) is 5.56 Å². The van der Waals surface area contributed by atoms with Gasteiger partial charge in [0, 0.05) is 5.56 Å². The van der Waals surface area contributed by atoms with Crippen LogP contribution in [0, 0.1) is 0 Å². The van der Waals surface area contributed by atoms with Gasteiger partial charge in [0.2, 0.25) is 0 Å². The van der Waals surface area contributed by atoms with E-state index in [0.717, 1.165) is 29.7 Å². The third-order valence-electron chi connectivity index (χ3n) is 5.55. The second-order valence-corrected chi connectivity index (χ2v) is 7.84. The third-order valence-corrected chi connectivity index (χ3v) is 5.55. The summed E-state index contributed by atoms with van der Waals surface area (Å²) < 4.78 is 18.1. The lowest BCUT2D eigenvalue weighted by atomic mass is 10.1. The molecule has 0 amide bonds. The van der Waals surface area contributed by atoms with Crippen LogP contribution in [-0.4, -0.2) is 30.5 Å². The molecule has 0 saturated carbocycles. The Morgan fingerprint density at radius 2 is 1.71 bits per heavy atom. The molecule has 0 fully saturated rings. The van der Waals surface area contributed by atoms with Crippen molar-refractivity contribution < 1.29 is 14.2 Å². The van der Waals surface area contributed by atoms with E-state index < -0.39 is 0 Å². The number of para-hydroxylation sites is 1. The van der Waals surface area contributed by atoms with Gasteiger partial charge in [-0.05, 0) is 54.4 Å². The van der Waals surface area contributed by atoms with Gasteiger partial charge in [-0.3, -0.25) is 4.79 Å². The van der Waals surface area contributed by atoms with Crippen molar-refractivity contribution in [2.75, 3.05) is 26.3 Å². The quantitative estimate of drug-likeness (QED) is 0.336. The van der Waals surface area contributed by atoms with Crippen molar-refractivity contribution in [2.24, 2.45) is 0 Å². The fourth-order valence-corrected chi connectivity index (χ4v) is 3.66. The van der Waals surface area contributed by atoms with E-state index in [1.165, 1.54) is 4.68 Å². The number of methoxy groups -OCH3 is 2. The summed E-state index contributed by atoms with van der Waals surface area (Å²) in [6.07, 6.45) is 2.12. The summed E-state index contributed by atoms with van der Waals surface area (Å²) in [5.41, 5.74) is 5.46. The molecule has 0 bridgehead atoms. The van der Waals surface area contributed by atoms with Gasteiger partial charge in [0.1, 0.15) is 5.75 Å². The van der Waals surface area contributed by atoms with Crippen LogP contribution in [0.4, 0.5) is 0 Å². The predicted molar refractivity (Wildman–Crippen MR) is 134 cm³/mol. The van der Waals surface area contributed by atoms with Crippen molar-refractivity contribution >= 4 is 10.9 Å². The second-order valence-electron chi connectivity index (χ2n) is 7.84. The van der Waals surface area contributed by atoms with Gasteiger partial charge >= 0.3 is 0 Å². The minimum absolute atomic E-state index is 0.171. The average Bonchev–Trinajstić information content (AvgIpc) is 2.88. The maximum Gasteiger partial charge on any atom is 0.280 e. The van der Waals surface area contributed by atoms with Crippen molar-refractivity contribution in [2.45, 2.75) is 26.3 Å². The van der Waals surface area contributed by atoms with E-state index in [9.17, 15) is 4.79 Å². The zero-order valence-corrected chi connectivity index (χ0v) is 19.7. The topological polar surface area (TPSA) is 74.6 Å². The number of nitrogens with one attached hydrogen (secondary N) is 1. The molecular weight excluding hydrogens is 430 g/mol. The smallest absolute Gasteiger partial charge is 0.280 e. The fourth-order valence-electron chi connectivity index (χ4n) is 3.66. The Morgan fingerprint density at radius 1 is 0.941 bits per heavy atom. The molecule has 0 unspecified atom stereocenters. The van der Waals surface area contributed by atoms with Crippen LogP contribution in [0.15, 0.2) is 71.5 Å². The predicted octanol–water partition coefficient (Wildman–Crippen LogP) is 5.00. The summed E-state index contributed by atoms with van der Waals surface area (Å²) in [6.45, 7) is 3.29. The molecule has 1 N–H and O–H groups in total. The molecule has 176 valence electrons. The highest BCUT2D eigenvalue weighted by atomic mass is 16.5. The standard InChI is InChI=1S/C27H29N3O4/c1-4-5-16-34-21-13-10-19(11-14-21)18-28-30-26(20-12-15-24(32-2)25(17-20)33-3)29-23-9-7-6-8-22(23)27(30)31/h6-15,17,28H,4-5,16,18H2,1-3H3. The van der Waals surface area contributed by atoms with Gasteiger partial charge in [-0.1, -0.05) is 37.6 Å². The van der Waals surface area contributed by atoms with Crippen LogP contribution in [0.25, 0.3) is 22.3 Å². The van der Waals surface area contributed by atoms with Gasteiger partial charge in [0.15, 0.2) is 17.3 Å². The summed E-state index contributed by atoms with van der Waals surface area (Å²) in [6, 6.07) is 20.7. The summed E-state index contributed by atoms with van der Waals surface area (Å²) >= 11 is 0. The first-order valence-corrected chi connectivity index (χ1v) is 11.3. The molecule has 0 atom stereocenters. The van der Waals surface area contributed by atoms with Gasteiger partial charge in [-0.15, -0.1) is 0 Å². The summed E-state index contributed by atoms with van der Waals surface area (Å²) in [5, 5.41) is 0.541. The maximum absolute atomic E-state index is 13.4. The molecule has 34 heavy (non-hydrogen) atoms. The highest BCUT2D eigenvalue weighted by molar-refractivity contribution is 5.80. The van der Waals surface area contributed by atoms with Gasteiger partial charge in [-0.2, -0.15) is 0 Å². The Morgan fingerprint density at radius 3 is 2.44 bits per heavy atom. The largest absolute Gasteiger partial charge is 0.494 e. The first-order valence-electron chi connectivity index (χ1n) is 11.3. The van der Waals surface area contributed by atoms with Crippen LogP contribution in [0.3, 0.4) is 0 Å². The molecule has 0 aliphatic heterocycles. The SMILES string of the molecule is CCCCOc1ccc(CNn2c(-c3ccc(OC)c(OC)c3)nc3ccccc3c2=O)cc1. The Hall–Kier alpha value is -4.00. The van der Waals surface area contributed by atoms with Crippen molar-refractivity contribution in [1.29, 1.82) is 0 Å². The zero-order valence-electron chi connectivity index (χ0n) is 19.7. The molecule has 0 aliphatic rings. The highest BCUT2D eigenvalue weighted by Crippen LogP contribution is 2.31. The van der Waals surface area contributed by atoms with Gasteiger partial charge in [-0.25, -0.2) is 9.66 Å². The molecule has 0 aliphatic carbocycles. The third kappa shape index (κ3) is 4.98. The van der Waals surface area contributed by atoms with Crippen LogP contribution in [0.1, 0.15) is 25.3 Å². The van der Waals surface area contributed by atoms with Crippen molar-refractivity contribution in [1.82, 2.24) is 9.66 Å². The lowest BCUT2D eigenvalue weighted by molar-refractivity contribution is 0.309. The van der Waals surface area contributed by atoms with Crippen LogP contribution < -0.4 is 25.2 Å². The Kier molecular flexibility index (Phi) is 7.32. The van der Waals surface area contributed by atoms with E-state index in [1.807, 2.05) is 54.6 Å². The zero-order chi connectivity index (χ0) is 23.9. The molecule has 7 nitrogen and oxygen atoms in total. The number of unbranched alkanes of at least 4 members (excludes halogenated alkanes) is 1. The number of rotatable bonds is 10. The maximum atomic E-state index is 13.4. The number of ether oxygens (including phenoxy) is 3. The van der Waals surface area contributed by atoms with Crippen molar-refractivity contribution in [3.8, 4) is 28.6 Å². The second kappa shape index (κ2) is 10.7. The average molecular weight is 460 g/mol. The number of hydrogen-bond donors (Lipinski definition) is 1. The molecule has 0 radical (unpaired) electrons. The molecule has 3 aromatic carbocycles. The van der Waals surface area contributed by atoms with Crippen LogP contribution >= 0.6 is 0 Å². The number of fused-ring (bicyclic) bond motifs is 1. The minimum atomic E-state index is -0.171. The summed E-state index contributed by atoms with van der Waals surface area (Å²) in [4.78, 5) is 18.2. The van der Waals surface area contributed by atoms with Gasteiger partial charge < -0.3 is 19.6 Å². The van der Waals surface area contributed by atoms with E-state index in [1.54, 1.807) is 26.4 Å². The Labute approximate surface area is 198 Å². The van der Waals surface area contributed by atoms with Crippen LogP contribution in [-0.2, 0) is 6.54 Å². The summed E-state index contributed by atoms with van der Waals surface area (Å²) in [5.74, 6) is 2.50. The van der Waals surface area contributed by atoms with E-state index >= 15 is 0 Å². The first-order chi connectivity index (χ1) is 16.6. The number of hydrogen-bond acceptors (Lipinski definition) is 6. The first kappa shape index (κ1) is 23.2. The molecule has 0 saturated heterocycles. The molecule has 1 aromatic heterocycles. The minimum Gasteiger partial charge on any atom is -0.494 e. The molecule has 4 rings (SSSR count). The molecule has 4 aromatic rings. The van der Waals surface area contributed by atoms with Crippen molar-refractivity contribution in [3.05, 3.63) is 82.6 Å². The van der Waals surface area contributed by atoms with E-state index in [4.69, 9.17) is 19.2 Å². The molecular formula is C27H29N3O4. The number of nitrogens with zero attached hydrogens (tertiary/aromatic N) is 2.